The largest absolute Gasteiger partial charge is 0.511 e. The van der Waals surface area contributed by atoms with Crippen molar-refractivity contribution >= 4 is 57.5 Å². The van der Waals surface area contributed by atoms with Crippen LogP contribution in [0.2, 0.25) is 0 Å². The van der Waals surface area contributed by atoms with Crippen LogP contribution in [0, 0.1) is 5.92 Å². The molecule has 0 aromatic heterocycles. The Labute approximate surface area is 249 Å². The third kappa shape index (κ3) is 17.4. The molecule has 0 aliphatic heterocycles. The monoisotopic (exact) mass is 618 g/mol. The van der Waals surface area contributed by atoms with Gasteiger partial charge in [-0.05, 0) is 58.1 Å². The van der Waals surface area contributed by atoms with Gasteiger partial charge in [0.25, 0.3) is 0 Å². The van der Waals surface area contributed by atoms with Gasteiger partial charge in [-0.3, -0.25) is 9.59 Å². The predicted octanol–water partition coefficient (Wildman–Crippen LogP) is 5.05. The van der Waals surface area contributed by atoms with Gasteiger partial charge in [-0.25, -0.2) is 9.59 Å². The van der Waals surface area contributed by atoms with Crippen LogP contribution in [-0.2, 0) is 35.0 Å². The Morgan fingerprint density at radius 3 is 2.30 bits per heavy atom. The molecule has 0 aliphatic carbocycles. The van der Waals surface area contributed by atoms with Crippen LogP contribution in [-0.4, -0.2) is 78.7 Å². The molecule has 2 amide bonds. The Bertz CT molecular complexity index is 915. The maximum atomic E-state index is 13.0. The van der Waals surface area contributed by atoms with E-state index in [1.54, 1.807) is 29.5 Å². The summed E-state index contributed by atoms with van der Waals surface area (Å²) in [5.41, 5.74) is 0.420. The van der Waals surface area contributed by atoms with E-state index >= 15 is 0 Å². The van der Waals surface area contributed by atoms with Crippen molar-refractivity contribution in [3.63, 3.8) is 0 Å². The second-order valence-electron chi connectivity index (χ2n) is 9.66. The van der Waals surface area contributed by atoms with E-state index in [0.29, 0.717) is 17.9 Å². The van der Waals surface area contributed by atoms with E-state index in [0.717, 1.165) is 17.7 Å². The minimum atomic E-state index is -1.15. The average molecular weight is 619 g/mol. The summed E-state index contributed by atoms with van der Waals surface area (Å²) in [6, 6.07) is 9.55. The summed E-state index contributed by atoms with van der Waals surface area (Å²) in [5.74, 6) is 0.586. The number of carbonyl (C=O) groups excluding carboxylic acids is 4. The minimum Gasteiger partial charge on any atom is -0.444 e. The molecule has 0 radical (unpaired) electrons. The SMILES string of the molecule is CCOC(=O)OC(C)OC(=O)CNC(=O)C(CSSCC(CCSC)NC(=O)OC(C)(C)C)Cc1ccccc1. The molecule has 0 saturated carbocycles. The molecule has 1 aromatic rings. The number of alkyl carbamates (subject to hydrolysis) is 1. The molecule has 0 saturated heterocycles. The van der Waals surface area contributed by atoms with Crippen molar-refractivity contribution in [1.29, 1.82) is 0 Å². The summed E-state index contributed by atoms with van der Waals surface area (Å²) >= 11 is 1.71. The third-order valence-electron chi connectivity index (χ3n) is 4.94. The highest BCUT2D eigenvalue weighted by atomic mass is 33.1. The normalized spacial score (nSPS) is 13.3. The van der Waals surface area contributed by atoms with Crippen LogP contribution >= 0.6 is 33.3 Å². The van der Waals surface area contributed by atoms with Gasteiger partial charge in [0.15, 0.2) is 0 Å². The quantitative estimate of drug-likeness (QED) is 0.0800. The maximum Gasteiger partial charge on any atom is 0.511 e. The first-order valence-electron chi connectivity index (χ1n) is 13.0. The highest BCUT2D eigenvalue weighted by Gasteiger charge is 2.23. The van der Waals surface area contributed by atoms with Crippen molar-refractivity contribution in [1.82, 2.24) is 10.6 Å². The van der Waals surface area contributed by atoms with Crippen molar-refractivity contribution in [2.24, 2.45) is 5.92 Å². The van der Waals surface area contributed by atoms with Crippen LogP contribution < -0.4 is 10.6 Å². The fourth-order valence-corrected chi connectivity index (χ4v) is 6.28. The lowest BCUT2D eigenvalue weighted by atomic mass is 10.0. The van der Waals surface area contributed by atoms with E-state index < -0.39 is 36.0 Å². The van der Waals surface area contributed by atoms with Crippen LogP contribution in [0.1, 0.15) is 46.6 Å². The zero-order valence-corrected chi connectivity index (χ0v) is 26.5. The number of ether oxygens (including phenoxy) is 4. The second kappa shape index (κ2) is 19.8. The summed E-state index contributed by atoms with van der Waals surface area (Å²) in [5, 5.41) is 5.58. The molecule has 10 nitrogen and oxygen atoms in total. The first-order valence-corrected chi connectivity index (χ1v) is 16.9. The van der Waals surface area contributed by atoms with Gasteiger partial charge < -0.3 is 29.6 Å². The molecule has 1 aromatic carbocycles. The molecule has 0 spiro atoms. The minimum absolute atomic E-state index is 0.0743. The lowest BCUT2D eigenvalue weighted by Gasteiger charge is -2.23. The smallest absolute Gasteiger partial charge is 0.444 e. The summed E-state index contributed by atoms with van der Waals surface area (Å²) in [4.78, 5) is 48.8. The fraction of sp³-hybridized carbons (Fsp3) is 0.630. The summed E-state index contributed by atoms with van der Waals surface area (Å²) in [7, 11) is 3.11. The van der Waals surface area contributed by atoms with Crippen molar-refractivity contribution in [2.75, 3.05) is 36.7 Å². The Morgan fingerprint density at radius 1 is 1.00 bits per heavy atom. The van der Waals surface area contributed by atoms with Gasteiger partial charge in [0.05, 0.1) is 12.5 Å². The van der Waals surface area contributed by atoms with E-state index in [2.05, 4.69) is 15.4 Å². The van der Waals surface area contributed by atoms with Crippen LogP contribution in [0.3, 0.4) is 0 Å². The van der Waals surface area contributed by atoms with E-state index in [9.17, 15) is 19.2 Å². The molecule has 0 bridgehead atoms. The van der Waals surface area contributed by atoms with Crippen molar-refractivity contribution in [2.45, 2.75) is 65.4 Å². The molecule has 2 N–H and O–H groups in total. The summed E-state index contributed by atoms with van der Waals surface area (Å²) in [6.45, 7) is 8.24. The average Bonchev–Trinajstić information content (AvgIpc) is 2.86. The lowest BCUT2D eigenvalue weighted by Crippen LogP contribution is -2.40. The Hall–Kier alpha value is -2.25. The van der Waals surface area contributed by atoms with Gasteiger partial charge in [-0.1, -0.05) is 51.9 Å². The number of carbonyl (C=O) groups is 4. The van der Waals surface area contributed by atoms with E-state index in [1.165, 1.54) is 17.7 Å². The highest BCUT2D eigenvalue weighted by molar-refractivity contribution is 8.76. The predicted molar refractivity (Wildman–Crippen MR) is 161 cm³/mol. The molecule has 3 unspecified atom stereocenters. The van der Waals surface area contributed by atoms with Crippen LogP contribution in [0.15, 0.2) is 30.3 Å². The Morgan fingerprint density at radius 2 is 1.68 bits per heavy atom. The van der Waals surface area contributed by atoms with Crippen molar-refractivity contribution in [3.05, 3.63) is 35.9 Å². The zero-order chi connectivity index (χ0) is 30.0. The number of hydrogen-bond acceptors (Lipinski definition) is 11. The van der Waals surface area contributed by atoms with Gasteiger partial charge in [-0.15, -0.1) is 0 Å². The maximum absolute atomic E-state index is 13.0. The highest BCUT2D eigenvalue weighted by Crippen LogP contribution is 2.27. The molecule has 13 heteroatoms. The number of benzene rings is 1. The molecule has 3 atom stereocenters. The standard InChI is InChI=1S/C27H42N2O8S3/c1-7-34-26(33)36-19(2)35-23(30)16-28-24(31)21(15-20-11-9-8-10-12-20)17-39-40-18-22(13-14-38-6)29-25(32)37-27(3,4)5/h8-12,19,21-22H,7,13-18H2,1-6H3,(H,28,31)(H,29,32). The number of esters is 1. The van der Waals surface area contributed by atoms with E-state index in [1.807, 2.05) is 57.4 Å². The number of rotatable bonds is 17. The molecule has 0 fully saturated rings. The first kappa shape index (κ1) is 35.8. The van der Waals surface area contributed by atoms with Gasteiger partial charge >= 0.3 is 18.2 Å². The van der Waals surface area contributed by atoms with E-state index in [-0.39, 0.29) is 25.1 Å². The molecule has 40 heavy (non-hydrogen) atoms. The Balaban J connectivity index is 2.66. The van der Waals surface area contributed by atoms with E-state index in [4.69, 9.17) is 14.2 Å². The van der Waals surface area contributed by atoms with Gasteiger partial charge in [0.1, 0.15) is 12.1 Å². The number of thioether (sulfide) groups is 1. The van der Waals surface area contributed by atoms with Crippen LogP contribution in [0.25, 0.3) is 0 Å². The Kier molecular flexibility index (Phi) is 17.7. The molecule has 0 aliphatic rings. The summed E-state index contributed by atoms with van der Waals surface area (Å²) in [6.07, 6.45) is 0.763. The number of nitrogens with one attached hydrogen (secondary N) is 2. The number of amides is 2. The van der Waals surface area contributed by atoms with Gasteiger partial charge in [-0.2, -0.15) is 11.8 Å². The molecule has 226 valence electrons. The van der Waals surface area contributed by atoms with Crippen molar-refractivity contribution < 1.29 is 38.1 Å². The molecule has 0 heterocycles. The third-order valence-corrected chi connectivity index (χ3v) is 8.14. The van der Waals surface area contributed by atoms with Crippen molar-refractivity contribution in [3.8, 4) is 0 Å². The molecular weight excluding hydrogens is 577 g/mol. The van der Waals surface area contributed by atoms with Crippen LogP contribution in [0.5, 0.6) is 0 Å². The zero-order valence-electron chi connectivity index (χ0n) is 24.1. The second-order valence-corrected chi connectivity index (χ2v) is 13.2. The fourth-order valence-electron chi connectivity index (χ4n) is 3.16. The number of hydrogen-bond donors (Lipinski definition) is 2. The lowest BCUT2D eigenvalue weighted by molar-refractivity contribution is -0.167. The molecule has 1 rings (SSSR count). The van der Waals surface area contributed by atoms with Crippen LogP contribution in [0.4, 0.5) is 9.59 Å². The first-order chi connectivity index (χ1) is 18.9. The molecular formula is C27H42N2O8S3. The van der Waals surface area contributed by atoms with Gasteiger partial charge in [0, 0.05) is 24.5 Å². The topological polar surface area (TPSA) is 129 Å². The van der Waals surface area contributed by atoms with Gasteiger partial charge in [0.2, 0.25) is 12.2 Å². The summed E-state index contributed by atoms with van der Waals surface area (Å²) < 4.78 is 19.8.